The minimum atomic E-state index is -0.0861. The van der Waals surface area contributed by atoms with Crippen LogP contribution in [0.3, 0.4) is 0 Å². The van der Waals surface area contributed by atoms with Crippen LogP contribution < -0.4 is 14.8 Å². The molecule has 1 aromatic heterocycles. The topological polar surface area (TPSA) is 65.4 Å². The monoisotopic (exact) mass is 485 g/mol. The van der Waals surface area contributed by atoms with Crippen molar-refractivity contribution in [3.8, 4) is 11.5 Å². The molecule has 0 aliphatic rings. The van der Waals surface area contributed by atoms with Gasteiger partial charge in [0.1, 0.15) is 23.9 Å². The molecule has 0 saturated heterocycles. The highest BCUT2D eigenvalue weighted by Crippen LogP contribution is 2.24. The van der Waals surface area contributed by atoms with Crippen molar-refractivity contribution >= 4 is 16.9 Å². The van der Waals surface area contributed by atoms with Crippen LogP contribution in [0.15, 0.2) is 72.8 Å². The van der Waals surface area contributed by atoms with E-state index < -0.39 is 0 Å². The van der Waals surface area contributed by atoms with Crippen molar-refractivity contribution < 1.29 is 14.3 Å². The number of nitrogens with one attached hydrogen (secondary N) is 1. The number of nitrogens with zero attached hydrogens (tertiary/aromatic N) is 2. The molecule has 0 fully saturated rings. The SMILES string of the molecule is COc1ccc(C(=O)NCCCc2nc3ccccc3n2CCOc2ccc(C(C)(C)C)cc2)cc1. The molecule has 0 atom stereocenters. The van der Waals surface area contributed by atoms with Gasteiger partial charge in [-0.25, -0.2) is 4.98 Å². The largest absolute Gasteiger partial charge is 0.497 e. The van der Waals surface area contributed by atoms with Gasteiger partial charge in [-0.2, -0.15) is 0 Å². The molecule has 1 heterocycles. The van der Waals surface area contributed by atoms with Gasteiger partial charge in [0.2, 0.25) is 0 Å². The van der Waals surface area contributed by atoms with Crippen LogP contribution in [0.2, 0.25) is 0 Å². The van der Waals surface area contributed by atoms with E-state index >= 15 is 0 Å². The van der Waals surface area contributed by atoms with E-state index in [-0.39, 0.29) is 11.3 Å². The zero-order chi connectivity index (χ0) is 25.5. The highest BCUT2D eigenvalue weighted by atomic mass is 16.5. The summed E-state index contributed by atoms with van der Waals surface area (Å²) in [6.07, 6.45) is 1.55. The summed E-state index contributed by atoms with van der Waals surface area (Å²) in [6, 6.07) is 23.6. The van der Waals surface area contributed by atoms with Gasteiger partial charge in [-0.15, -0.1) is 0 Å². The predicted molar refractivity (Wildman–Crippen MR) is 144 cm³/mol. The molecule has 188 valence electrons. The van der Waals surface area contributed by atoms with Crippen molar-refractivity contribution in [1.29, 1.82) is 0 Å². The van der Waals surface area contributed by atoms with Crippen molar-refractivity contribution in [2.75, 3.05) is 20.3 Å². The first-order chi connectivity index (χ1) is 17.3. The molecule has 1 amide bonds. The standard InChI is InChI=1S/C30H35N3O3/c1-30(2,3)23-13-17-25(18-14-23)36-21-20-33-27-9-6-5-8-26(27)32-28(33)10-7-19-31-29(34)22-11-15-24(35-4)16-12-22/h5-6,8-9,11-18H,7,10,19-21H2,1-4H3,(H,31,34). The lowest BCUT2D eigenvalue weighted by molar-refractivity contribution is 0.0953. The van der Waals surface area contributed by atoms with Crippen LogP contribution in [0.4, 0.5) is 0 Å². The first-order valence-electron chi connectivity index (χ1n) is 12.4. The maximum atomic E-state index is 12.4. The normalized spacial score (nSPS) is 11.4. The Kier molecular flexibility index (Phi) is 7.93. The molecule has 6 nitrogen and oxygen atoms in total. The quantitative estimate of drug-likeness (QED) is 0.289. The Morgan fingerprint density at radius 2 is 1.64 bits per heavy atom. The number of hydrogen-bond acceptors (Lipinski definition) is 4. The van der Waals surface area contributed by atoms with Crippen LogP contribution in [0.1, 0.15) is 48.9 Å². The molecule has 36 heavy (non-hydrogen) atoms. The Bertz CT molecular complexity index is 1290. The molecular weight excluding hydrogens is 450 g/mol. The number of hydrogen-bond donors (Lipinski definition) is 1. The van der Waals surface area contributed by atoms with Crippen LogP contribution in [-0.4, -0.2) is 35.7 Å². The number of imidazole rings is 1. The Hall–Kier alpha value is -3.80. The second kappa shape index (κ2) is 11.3. The predicted octanol–water partition coefficient (Wildman–Crippen LogP) is 5.78. The number of aromatic nitrogens is 2. The number of carbonyl (C=O) groups excluding carboxylic acids is 1. The highest BCUT2D eigenvalue weighted by Gasteiger charge is 2.14. The number of ether oxygens (including phenoxy) is 2. The summed E-state index contributed by atoms with van der Waals surface area (Å²) in [5.41, 5.74) is 4.11. The summed E-state index contributed by atoms with van der Waals surface area (Å²) >= 11 is 0. The Balaban J connectivity index is 1.34. The van der Waals surface area contributed by atoms with Crippen LogP contribution in [0.25, 0.3) is 11.0 Å². The number of rotatable bonds is 10. The van der Waals surface area contributed by atoms with Crippen LogP contribution in [0.5, 0.6) is 11.5 Å². The average molecular weight is 486 g/mol. The molecule has 3 aromatic carbocycles. The fourth-order valence-electron chi connectivity index (χ4n) is 4.16. The number of methoxy groups -OCH3 is 1. The summed E-state index contributed by atoms with van der Waals surface area (Å²) in [5, 5.41) is 3.00. The molecule has 0 aliphatic carbocycles. The summed E-state index contributed by atoms with van der Waals surface area (Å²) in [6.45, 7) is 8.45. The number of amides is 1. The van der Waals surface area contributed by atoms with Crippen LogP contribution in [-0.2, 0) is 18.4 Å². The molecule has 0 aliphatic heterocycles. The second-order valence-corrected chi connectivity index (χ2v) is 9.88. The fourth-order valence-corrected chi connectivity index (χ4v) is 4.16. The average Bonchev–Trinajstić information content (AvgIpc) is 3.23. The van der Waals surface area contributed by atoms with Gasteiger partial charge >= 0.3 is 0 Å². The van der Waals surface area contributed by atoms with E-state index in [1.165, 1.54) is 5.56 Å². The zero-order valence-corrected chi connectivity index (χ0v) is 21.6. The maximum Gasteiger partial charge on any atom is 0.251 e. The van der Waals surface area contributed by atoms with Gasteiger partial charge in [-0.1, -0.05) is 45.0 Å². The zero-order valence-electron chi connectivity index (χ0n) is 21.6. The molecule has 0 saturated carbocycles. The van der Waals surface area contributed by atoms with Crippen LogP contribution >= 0.6 is 0 Å². The lowest BCUT2D eigenvalue weighted by atomic mass is 9.87. The van der Waals surface area contributed by atoms with Gasteiger partial charge < -0.3 is 19.4 Å². The minimum Gasteiger partial charge on any atom is -0.497 e. The van der Waals surface area contributed by atoms with Crippen molar-refractivity contribution in [3.05, 3.63) is 89.7 Å². The third-order valence-electron chi connectivity index (χ3n) is 6.25. The Morgan fingerprint density at radius 1 is 0.944 bits per heavy atom. The molecule has 6 heteroatoms. The summed E-state index contributed by atoms with van der Waals surface area (Å²) in [5.74, 6) is 2.52. The Labute approximate surface area is 213 Å². The van der Waals surface area contributed by atoms with Crippen molar-refractivity contribution in [1.82, 2.24) is 14.9 Å². The van der Waals surface area contributed by atoms with E-state index in [1.54, 1.807) is 31.4 Å². The lowest BCUT2D eigenvalue weighted by Gasteiger charge is -2.19. The fraction of sp³-hybridized carbons (Fsp3) is 0.333. The molecule has 0 spiro atoms. The van der Waals surface area contributed by atoms with Gasteiger partial charge in [-0.05, 0) is 65.9 Å². The van der Waals surface area contributed by atoms with E-state index in [1.807, 2.05) is 30.3 Å². The maximum absolute atomic E-state index is 12.4. The van der Waals surface area contributed by atoms with Gasteiger partial charge in [0.05, 0.1) is 24.7 Å². The summed E-state index contributed by atoms with van der Waals surface area (Å²) < 4.78 is 13.4. The molecular formula is C30H35N3O3. The van der Waals surface area contributed by atoms with Crippen molar-refractivity contribution in [3.63, 3.8) is 0 Å². The molecule has 4 rings (SSSR count). The third kappa shape index (κ3) is 6.25. The van der Waals surface area contributed by atoms with E-state index in [0.717, 1.165) is 41.2 Å². The first-order valence-corrected chi connectivity index (χ1v) is 12.4. The van der Waals surface area contributed by atoms with Gasteiger partial charge in [0.15, 0.2) is 0 Å². The van der Waals surface area contributed by atoms with Crippen molar-refractivity contribution in [2.45, 2.75) is 45.6 Å². The van der Waals surface area contributed by atoms with Crippen molar-refractivity contribution in [2.24, 2.45) is 0 Å². The summed E-state index contributed by atoms with van der Waals surface area (Å²) in [7, 11) is 1.61. The molecule has 0 unspecified atom stereocenters. The van der Waals surface area contributed by atoms with Crippen LogP contribution in [0, 0.1) is 0 Å². The molecule has 4 aromatic rings. The van der Waals surface area contributed by atoms with E-state index in [4.69, 9.17) is 14.5 Å². The smallest absolute Gasteiger partial charge is 0.251 e. The Morgan fingerprint density at radius 3 is 2.33 bits per heavy atom. The number of carbonyl (C=O) groups is 1. The molecule has 1 N–H and O–H groups in total. The minimum absolute atomic E-state index is 0.0861. The number of benzene rings is 3. The summed E-state index contributed by atoms with van der Waals surface area (Å²) in [4.78, 5) is 17.3. The number of aryl methyl sites for hydroxylation is 1. The van der Waals surface area contributed by atoms with Gasteiger partial charge in [0.25, 0.3) is 5.91 Å². The van der Waals surface area contributed by atoms with E-state index in [9.17, 15) is 4.79 Å². The van der Waals surface area contributed by atoms with Gasteiger partial charge in [-0.3, -0.25) is 4.79 Å². The van der Waals surface area contributed by atoms with E-state index in [2.05, 4.69) is 48.9 Å². The van der Waals surface area contributed by atoms with Gasteiger partial charge in [0, 0.05) is 18.5 Å². The first kappa shape index (κ1) is 25.3. The number of para-hydroxylation sites is 2. The number of fused-ring (bicyclic) bond motifs is 1. The molecule has 0 bridgehead atoms. The highest BCUT2D eigenvalue weighted by molar-refractivity contribution is 5.94. The lowest BCUT2D eigenvalue weighted by Crippen LogP contribution is -2.25. The third-order valence-corrected chi connectivity index (χ3v) is 6.25. The second-order valence-electron chi connectivity index (χ2n) is 9.88. The molecule has 0 radical (unpaired) electrons. The van der Waals surface area contributed by atoms with E-state index in [0.29, 0.717) is 25.3 Å².